The Hall–Kier alpha value is -7.76. The predicted octanol–water partition coefficient (Wildman–Crippen LogP) is 14.4. The lowest BCUT2D eigenvalue weighted by molar-refractivity contribution is 0.104. The number of rotatable bonds is 7. The number of fused-ring (bicyclic) bond motifs is 7. The molecule has 0 radical (unpaired) electrons. The minimum absolute atomic E-state index is 0.0380. The summed E-state index contributed by atoms with van der Waals surface area (Å²) in [7, 11) is 0. The Morgan fingerprint density at radius 2 is 0.883 bits per heavy atom. The number of aromatic nitrogens is 1. The Balaban J connectivity index is 1.12. The number of ketones is 1. The molecule has 0 spiro atoms. The van der Waals surface area contributed by atoms with E-state index in [-0.39, 0.29) is 5.78 Å². The molecular formula is C55H40N4O. The maximum absolute atomic E-state index is 14.4. The van der Waals surface area contributed by atoms with Gasteiger partial charge in [-0.3, -0.25) is 9.69 Å². The SMILES string of the molecule is CC1(C)c2cc(N(c3ccccc3)c3ccccc3)ccc2N(c2cc3c(cn2)-c2cc4cccccc-4c2C3=O)c2ccc(N(c3ccccc3)c3ccccc3)cc21. The van der Waals surface area contributed by atoms with Crippen LogP contribution in [0.2, 0.25) is 0 Å². The quantitative estimate of drug-likeness (QED) is 0.161. The molecule has 0 N–H and O–H groups in total. The molecule has 0 atom stereocenters. The summed E-state index contributed by atoms with van der Waals surface area (Å²) in [5.41, 5.74) is 15.6. The zero-order valence-electron chi connectivity index (χ0n) is 33.3. The van der Waals surface area contributed by atoms with E-state index in [9.17, 15) is 4.79 Å². The molecule has 286 valence electrons. The lowest BCUT2D eigenvalue weighted by Gasteiger charge is -2.43. The molecule has 0 bridgehead atoms. The van der Waals surface area contributed by atoms with E-state index < -0.39 is 5.41 Å². The van der Waals surface area contributed by atoms with Gasteiger partial charge in [-0.1, -0.05) is 117 Å². The van der Waals surface area contributed by atoms with Crippen LogP contribution in [0.1, 0.15) is 40.9 Å². The van der Waals surface area contributed by atoms with Crippen molar-refractivity contribution >= 4 is 57.1 Å². The second-order valence-electron chi connectivity index (χ2n) is 16.0. The lowest BCUT2D eigenvalue weighted by atomic mass is 9.73. The van der Waals surface area contributed by atoms with Gasteiger partial charge in [-0.05, 0) is 125 Å². The molecule has 6 aromatic carbocycles. The molecule has 5 heteroatoms. The standard InChI is InChI=1S/C55H40N4O/c1-55(2)48-33-42(57(38-19-9-4-10-20-38)39-21-11-5-12-22-39)28-30-50(48)59(52-35-46-47(36-56-52)45-32-37-18-8-3-17-27-44(37)53(45)54(46)60)51-31-29-43(34-49(51)55)58(40-23-13-6-14-24-40)41-25-15-7-16-26-41/h3-36H,1-2H3. The minimum atomic E-state index is -0.450. The van der Waals surface area contributed by atoms with Crippen LogP contribution in [0.3, 0.4) is 0 Å². The van der Waals surface area contributed by atoms with Crippen LogP contribution in [0.25, 0.3) is 22.3 Å². The molecule has 3 aliphatic carbocycles. The second kappa shape index (κ2) is 14.0. The average molecular weight is 773 g/mol. The van der Waals surface area contributed by atoms with E-state index in [1.807, 2.05) is 36.5 Å². The number of para-hydroxylation sites is 4. The van der Waals surface area contributed by atoms with Gasteiger partial charge in [-0.25, -0.2) is 4.98 Å². The molecule has 0 unspecified atom stereocenters. The van der Waals surface area contributed by atoms with E-state index in [2.05, 4.69) is 198 Å². The van der Waals surface area contributed by atoms with Gasteiger partial charge in [0.1, 0.15) is 5.82 Å². The Kier molecular flexibility index (Phi) is 8.24. The number of carbonyl (C=O) groups excluding carboxylic acids is 1. The first-order chi connectivity index (χ1) is 29.5. The monoisotopic (exact) mass is 772 g/mol. The third kappa shape index (κ3) is 5.62. The highest BCUT2D eigenvalue weighted by Gasteiger charge is 2.40. The molecule has 0 amide bonds. The van der Waals surface area contributed by atoms with E-state index >= 15 is 0 Å². The molecule has 4 aliphatic rings. The van der Waals surface area contributed by atoms with Crippen LogP contribution >= 0.6 is 0 Å². The van der Waals surface area contributed by atoms with Crippen molar-refractivity contribution in [2.45, 2.75) is 19.3 Å². The molecule has 0 saturated carbocycles. The summed E-state index contributed by atoms with van der Waals surface area (Å²) in [6, 6.07) is 69.9. The maximum atomic E-state index is 14.4. The van der Waals surface area contributed by atoms with Crippen molar-refractivity contribution < 1.29 is 4.79 Å². The molecule has 0 saturated heterocycles. The summed E-state index contributed by atoms with van der Waals surface area (Å²) >= 11 is 0. The highest BCUT2D eigenvalue weighted by atomic mass is 16.1. The molecule has 2 heterocycles. The van der Waals surface area contributed by atoms with Crippen LogP contribution in [-0.4, -0.2) is 10.8 Å². The van der Waals surface area contributed by atoms with E-state index in [1.54, 1.807) is 0 Å². The Morgan fingerprint density at radius 3 is 1.37 bits per heavy atom. The van der Waals surface area contributed by atoms with Crippen LogP contribution in [0.15, 0.2) is 206 Å². The summed E-state index contributed by atoms with van der Waals surface area (Å²) in [6.07, 6.45) is 1.90. The highest BCUT2D eigenvalue weighted by molar-refractivity contribution is 6.26. The second-order valence-corrected chi connectivity index (χ2v) is 16.0. The van der Waals surface area contributed by atoms with Crippen molar-refractivity contribution in [1.29, 1.82) is 0 Å². The first-order valence-electron chi connectivity index (χ1n) is 20.4. The molecule has 0 fully saturated rings. The van der Waals surface area contributed by atoms with Crippen LogP contribution in [0.5, 0.6) is 0 Å². The predicted molar refractivity (Wildman–Crippen MR) is 246 cm³/mol. The normalized spacial score (nSPS) is 13.3. The van der Waals surface area contributed by atoms with Gasteiger partial charge in [0, 0.05) is 62.4 Å². The first-order valence-corrected chi connectivity index (χ1v) is 20.4. The largest absolute Gasteiger partial charge is 0.310 e. The number of benzene rings is 6. The number of carbonyl (C=O) groups is 1. The van der Waals surface area contributed by atoms with Crippen molar-refractivity contribution in [2.24, 2.45) is 0 Å². The van der Waals surface area contributed by atoms with Crippen molar-refractivity contribution in [1.82, 2.24) is 4.98 Å². The van der Waals surface area contributed by atoms with E-state index in [1.165, 1.54) is 0 Å². The molecule has 1 aromatic heterocycles. The number of nitrogens with zero attached hydrogens (tertiary/aromatic N) is 4. The molecule has 7 aromatic rings. The van der Waals surface area contributed by atoms with E-state index in [4.69, 9.17) is 4.98 Å². The minimum Gasteiger partial charge on any atom is -0.310 e. The third-order valence-corrected chi connectivity index (χ3v) is 12.2. The van der Waals surface area contributed by atoms with Gasteiger partial charge in [0.25, 0.3) is 0 Å². The van der Waals surface area contributed by atoms with Crippen LogP contribution in [0.4, 0.5) is 51.3 Å². The van der Waals surface area contributed by atoms with E-state index in [0.717, 1.165) is 84.4 Å². The number of pyridine rings is 1. The topological polar surface area (TPSA) is 39.7 Å². The summed E-state index contributed by atoms with van der Waals surface area (Å²) in [5.74, 6) is 0.739. The first kappa shape index (κ1) is 35.4. The molecule has 5 nitrogen and oxygen atoms in total. The lowest BCUT2D eigenvalue weighted by Crippen LogP contribution is -2.31. The third-order valence-electron chi connectivity index (χ3n) is 12.2. The molecule has 1 aliphatic heterocycles. The maximum Gasteiger partial charge on any atom is 0.195 e. The van der Waals surface area contributed by atoms with Crippen molar-refractivity contribution in [2.75, 3.05) is 14.7 Å². The van der Waals surface area contributed by atoms with Crippen LogP contribution in [-0.2, 0) is 5.41 Å². The smallest absolute Gasteiger partial charge is 0.195 e. The summed E-state index contributed by atoms with van der Waals surface area (Å²) in [6.45, 7) is 4.64. The fraction of sp³-hybridized carbons (Fsp3) is 0.0545. The van der Waals surface area contributed by atoms with Crippen LogP contribution in [0, 0.1) is 0 Å². The van der Waals surface area contributed by atoms with Crippen molar-refractivity contribution in [3.63, 3.8) is 0 Å². The molecular weight excluding hydrogens is 733 g/mol. The van der Waals surface area contributed by atoms with Crippen molar-refractivity contribution in [3.05, 3.63) is 229 Å². The van der Waals surface area contributed by atoms with Crippen molar-refractivity contribution in [3.8, 4) is 22.3 Å². The van der Waals surface area contributed by atoms with Gasteiger partial charge in [0.05, 0.1) is 11.4 Å². The molecule has 60 heavy (non-hydrogen) atoms. The van der Waals surface area contributed by atoms with Crippen LogP contribution < -0.4 is 14.7 Å². The Morgan fingerprint density at radius 1 is 0.433 bits per heavy atom. The van der Waals surface area contributed by atoms with Gasteiger partial charge in [-0.2, -0.15) is 0 Å². The summed E-state index contributed by atoms with van der Waals surface area (Å²) in [5, 5.41) is 0. The summed E-state index contributed by atoms with van der Waals surface area (Å²) in [4.78, 5) is 26.5. The van der Waals surface area contributed by atoms with Gasteiger partial charge in [-0.15, -0.1) is 0 Å². The fourth-order valence-corrected chi connectivity index (χ4v) is 9.29. The zero-order valence-corrected chi connectivity index (χ0v) is 33.3. The molecule has 11 rings (SSSR count). The van der Waals surface area contributed by atoms with Gasteiger partial charge < -0.3 is 9.80 Å². The fourth-order valence-electron chi connectivity index (χ4n) is 9.29. The number of hydrogen-bond acceptors (Lipinski definition) is 5. The number of anilines is 9. The zero-order chi connectivity index (χ0) is 40.4. The van der Waals surface area contributed by atoms with Gasteiger partial charge >= 0.3 is 0 Å². The Bertz CT molecular complexity index is 2820. The Labute approximate surface area is 350 Å². The average Bonchev–Trinajstić information content (AvgIpc) is 3.67. The number of hydrogen-bond donors (Lipinski definition) is 0. The van der Waals surface area contributed by atoms with Gasteiger partial charge in [0.15, 0.2) is 5.78 Å². The summed E-state index contributed by atoms with van der Waals surface area (Å²) < 4.78 is 0. The highest BCUT2D eigenvalue weighted by Crippen LogP contribution is 2.55. The van der Waals surface area contributed by atoms with E-state index in [0.29, 0.717) is 11.4 Å². The van der Waals surface area contributed by atoms with Gasteiger partial charge in [0.2, 0.25) is 0 Å².